The maximum atomic E-state index is 14.1. The van der Waals surface area contributed by atoms with E-state index in [0.29, 0.717) is 0 Å². The molecule has 0 unspecified atom stereocenters. The Morgan fingerprint density at radius 1 is 0.558 bits per heavy atom. The smallest absolute Gasteiger partial charge is 0.123 e. The largest absolute Gasteiger partial charge is 0.341 e. The van der Waals surface area contributed by atoms with Gasteiger partial charge in [0.2, 0.25) is 0 Å². The first-order valence-corrected chi connectivity index (χ1v) is 15.0. The maximum absolute atomic E-state index is 14.1. The Morgan fingerprint density at radius 3 is 2.07 bits per heavy atom. The van der Waals surface area contributed by atoms with Crippen molar-refractivity contribution in [2.24, 2.45) is 0 Å². The Balaban J connectivity index is 1.39. The number of rotatable bonds is 3. The molecule has 0 fully saturated rings. The number of hydrogen-bond acceptors (Lipinski definition) is 1. The Morgan fingerprint density at radius 2 is 1.28 bits per heavy atom. The highest BCUT2D eigenvalue weighted by atomic mass is 19.1. The van der Waals surface area contributed by atoms with E-state index in [-0.39, 0.29) is 5.82 Å². The molecule has 0 bridgehead atoms. The third-order valence-corrected chi connectivity index (χ3v) is 9.67. The monoisotopic (exact) mass is 553 g/mol. The lowest BCUT2D eigenvalue weighted by Gasteiger charge is -2.34. The van der Waals surface area contributed by atoms with Gasteiger partial charge < -0.3 is 4.90 Å². The Bertz CT molecular complexity index is 2160. The number of halogens is 1. The lowest BCUT2D eigenvalue weighted by molar-refractivity contribution is 0.626. The summed E-state index contributed by atoms with van der Waals surface area (Å²) in [6, 6.07) is 52.0. The van der Waals surface area contributed by atoms with Crippen LogP contribution in [0.4, 0.5) is 15.8 Å². The van der Waals surface area contributed by atoms with Gasteiger partial charge in [0.25, 0.3) is 0 Å². The molecule has 1 nitrogen and oxygen atoms in total. The molecular formula is C41H28FN. The zero-order chi connectivity index (χ0) is 28.5. The second-order valence-electron chi connectivity index (χ2n) is 11.8. The highest BCUT2D eigenvalue weighted by molar-refractivity contribution is 6.14. The Kier molecular flexibility index (Phi) is 5.19. The van der Waals surface area contributed by atoms with E-state index in [9.17, 15) is 4.39 Å². The van der Waals surface area contributed by atoms with Crippen molar-refractivity contribution < 1.29 is 4.39 Å². The highest BCUT2D eigenvalue weighted by Gasteiger charge is 2.47. The Labute approximate surface area is 250 Å². The van der Waals surface area contributed by atoms with Gasteiger partial charge in [0, 0.05) is 17.9 Å². The van der Waals surface area contributed by atoms with E-state index in [1.165, 1.54) is 54.9 Å². The van der Waals surface area contributed by atoms with Gasteiger partial charge in [-0.25, -0.2) is 4.39 Å². The molecule has 0 radical (unpaired) electrons. The van der Waals surface area contributed by atoms with Crippen molar-refractivity contribution in [2.45, 2.75) is 11.8 Å². The highest BCUT2D eigenvalue weighted by Crippen LogP contribution is 2.59. The van der Waals surface area contributed by atoms with E-state index in [1.807, 2.05) is 6.07 Å². The predicted octanol–water partition coefficient (Wildman–Crippen LogP) is 10.2. The summed E-state index contributed by atoms with van der Waals surface area (Å²) in [6.07, 6.45) is 0.838. The van der Waals surface area contributed by atoms with E-state index < -0.39 is 5.41 Å². The summed E-state index contributed by atoms with van der Waals surface area (Å²) in [5.74, 6) is -0.170. The van der Waals surface area contributed by atoms with Crippen molar-refractivity contribution in [3.8, 4) is 11.1 Å². The maximum Gasteiger partial charge on any atom is 0.123 e. The van der Waals surface area contributed by atoms with E-state index in [0.717, 1.165) is 29.9 Å². The average Bonchev–Trinajstić information content (AvgIpc) is 3.62. The van der Waals surface area contributed by atoms with Gasteiger partial charge in [-0.3, -0.25) is 0 Å². The molecule has 0 amide bonds. The summed E-state index contributed by atoms with van der Waals surface area (Å²) in [7, 11) is 0. The van der Waals surface area contributed by atoms with E-state index in [1.54, 1.807) is 12.1 Å². The molecule has 43 heavy (non-hydrogen) atoms. The van der Waals surface area contributed by atoms with Crippen LogP contribution in [-0.2, 0) is 11.8 Å². The zero-order valence-electron chi connectivity index (χ0n) is 23.6. The normalized spacial score (nSPS) is 14.6. The summed E-state index contributed by atoms with van der Waals surface area (Å²) < 4.78 is 14.1. The predicted molar refractivity (Wildman–Crippen MR) is 176 cm³/mol. The van der Waals surface area contributed by atoms with Gasteiger partial charge in [-0.2, -0.15) is 0 Å². The van der Waals surface area contributed by atoms with Crippen LogP contribution in [0.2, 0.25) is 0 Å². The minimum Gasteiger partial charge on any atom is -0.341 e. The third-order valence-electron chi connectivity index (χ3n) is 9.67. The molecule has 9 rings (SSSR count). The van der Waals surface area contributed by atoms with Gasteiger partial charge in [-0.1, -0.05) is 115 Å². The van der Waals surface area contributed by atoms with E-state index >= 15 is 0 Å². The molecule has 0 atom stereocenters. The van der Waals surface area contributed by atoms with Crippen LogP contribution >= 0.6 is 0 Å². The first-order valence-electron chi connectivity index (χ1n) is 15.0. The molecule has 0 saturated carbocycles. The lowest BCUT2D eigenvalue weighted by Crippen LogP contribution is -2.28. The number of nitrogens with zero attached hydrogens (tertiary/aromatic N) is 1. The van der Waals surface area contributed by atoms with Crippen LogP contribution in [0.5, 0.6) is 0 Å². The van der Waals surface area contributed by atoms with Gasteiger partial charge in [-0.05, 0) is 97.2 Å². The van der Waals surface area contributed by atoms with Crippen molar-refractivity contribution in [2.75, 3.05) is 11.4 Å². The topological polar surface area (TPSA) is 3.24 Å². The van der Waals surface area contributed by atoms with Crippen LogP contribution < -0.4 is 4.90 Å². The standard InChI is InChI=1S/C41H28FN/c42-31-16-22-39-28(25-31)23-24-43(39)32-17-19-36-38(26-32)41(29-10-3-1-4-11-29,30-12-5-2-6-13-30)37-21-20-34-33-14-8-7-9-27(33)15-18-35(34)40(36)37/h1-22,25-26H,23-24H2. The fraction of sp³-hybridized carbons (Fsp3) is 0.0732. The number of anilines is 2. The van der Waals surface area contributed by atoms with E-state index in [2.05, 4.69) is 132 Å². The molecule has 0 N–H and O–H groups in total. The summed E-state index contributed by atoms with van der Waals surface area (Å²) >= 11 is 0. The van der Waals surface area contributed by atoms with Crippen LogP contribution in [-0.4, -0.2) is 6.54 Å². The molecule has 2 heteroatoms. The SMILES string of the molecule is Fc1ccc2c(c1)CCN2c1ccc2c(c1)C(c1ccccc1)(c1ccccc1)c1ccc3c(ccc4ccccc43)c1-2. The lowest BCUT2D eigenvalue weighted by atomic mass is 9.67. The fourth-order valence-corrected chi connectivity index (χ4v) is 7.87. The van der Waals surface area contributed by atoms with Gasteiger partial charge in [0.05, 0.1) is 5.41 Å². The minimum atomic E-state index is -0.492. The van der Waals surface area contributed by atoms with Crippen LogP contribution in [0.15, 0.2) is 146 Å². The van der Waals surface area contributed by atoms with Crippen molar-refractivity contribution in [3.05, 3.63) is 179 Å². The molecule has 2 aliphatic rings. The molecule has 0 aromatic heterocycles. The van der Waals surface area contributed by atoms with Crippen LogP contribution in [0, 0.1) is 5.82 Å². The molecule has 204 valence electrons. The van der Waals surface area contributed by atoms with Gasteiger partial charge in [-0.15, -0.1) is 0 Å². The van der Waals surface area contributed by atoms with Crippen molar-refractivity contribution in [3.63, 3.8) is 0 Å². The molecule has 1 heterocycles. The quantitative estimate of drug-likeness (QED) is 0.197. The van der Waals surface area contributed by atoms with Crippen LogP contribution in [0.1, 0.15) is 27.8 Å². The first-order chi connectivity index (χ1) is 21.2. The molecule has 7 aromatic rings. The molecule has 0 spiro atoms. The minimum absolute atomic E-state index is 0.170. The molecular weight excluding hydrogens is 525 g/mol. The van der Waals surface area contributed by atoms with E-state index in [4.69, 9.17) is 0 Å². The van der Waals surface area contributed by atoms with Crippen molar-refractivity contribution in [1.82, 2.24) is 0 Å². The van der Waals surface area contributed by atoms with Crippen LogP contribution in [0.25, 0.3) is 32.7 Å². The second kappa shape index (κ2) is 9.14. The Hall–Kier alpha value is -5.21. The zero-order valence-corrected chi connectivity index (χ0v) is 23.6. The number of benzene rings is 7. The summed E-state index contributed by atoms with van der Waals surface area (Å²) in [5, 5.41) is 5.09. The fourth-order valence-electron chi connectivity index (χ4n) is 7.87. The van der Waals surface area contributed by atoms with Gasteiger partial charge >= 0.3 is 0 Å². The van der Waals surface area contributed by atoms with Gasteiger partial charge in [0.1, 0.15) is 5.82 Å². The number of hydrogen-bond donors (Lipinski definition) is 0. The number of fused-ring (bicyclic) bond motifs is 8. The van der Waals surface area contributed by atoms with Crippen molar-refractivity contribution in [1.29, 1.82) is 0 Å². The molecule has 1 aliphatic heterocycles. The molecule has 7 aromatic carbocycles. The third kappa shape index (κ3) is 3.38. The summed E-state index contributed by atoms with van der Waals surface area (Å²) in [6.45, 7) is 0.836. The second-order valence-corrected chi connectivity index (χ2v) is 11.8. The summed E-state index contributed by atoms with van der Waals surface area (Å²) in [5.41, 5.74) is 10.5. The summed E-state index contributed by atoms with van der Waals surface area (Å²) in [4.78, 5) is 2.35. The van der Waals surface area contributed by atoms with Crippen molar-refractivity contribution >= 4 is 32.9 Å². The first kappa shape index (κ1) is 24.4. The van der Waals surface area contributed by atoms with Crippen LogP contribution in [0.3, 0.4) is 0 Å². The molecule has 0 saturated heterocycles. The molecule has 1 aliphatic carbocycles. The van der Waals surface area contributed by atoms with Gasteiger partial charge in [0.15, 0.2) is 0 Å². The average molecular weight is 554 g/mol.